The standard InChI is InChI=1S/C41H52F4N6O9S/c1-19-29-18-51(30(19)34(52)49-40(17-25(40)33(42)43)37(54)50-61(56,57)22-10-11-22)36(53)32(39(2,3)4)48-38(55)60-28-15-20-14-24(20)23(28)8-6-7-13-41(44,45)31-35(59-29)47-27-16-21(58-5)9-12-26(27)46-31/h9,12,16,19-20,22-25,28-30,32-33H,6-8,10-11,13-15,17-18H2,1-5H3,(H,48,55)(H,49,52)(H,50,54)/t19-,20+,23-,24+,25+,28-,29+,30+,32-,40-/m1/s1. The van der Waals surface area contributed by atoms with Crippen molar-refractivity contribution in [2.45, 2.75) is 133 Å². The molecule has 3 N–H and O–H groups in total. The summed E-state index contributed by atoms with van der Waals surface area (Å²) in [5.74, 6) is -9.22. The number of methoxy groups -OCH3 is 1. The molecule has 0 radical (unpaired) electrons. The molecular formula is C41H52F4N6O9S. The van der Waals surface area contributed by atoms with E-state index in [0.29, 0.717) is 36.8 Å². The summed E-state index contributed by atoms with van der Waals surface area (Å²) in [5.41, 5.74) is -3.80. The number of fused-ring (bicyclic) bond motifs is 7. The van der Waals surface area contributed by atoms with Crippen LogP contribution >= 0.6 is 0 Å². The molecule has 0 spiro atoms. The van der Waals surface area contributed by atoms with Gasteiger partial charge >= 0.3 is 6.09 Å². The highest BCUT2D eigenvalue weighted by molar-refractivity contribution is 7.91. The zero-order chi connectivity index (χ0) is 44.0. The predicted molar refractivity (Wildman–Crippen MR) is 209 cm³/mol. The number of nitrogens with zero attached hydrogens (tertiary/aromatic N) is 3. The fourth-order valence-corrected chi connectivity index (χ4v) is 11.0. The molecule has 1 aromatic carbocycles. The average Bonchev–Trinajstić information content (AvgIpc) is 4.11. The van der Waals surface area contributed by atoms with E-state index < -0.39 is 129 Å². The van der Waals surface area contributed by atoms with Gasteiger partial charge < -0.3 is 29.7 Å². The molecule has 10 atom stereocenters. The largest absolute Gasteiger partial charge is 0.497 e. The molecule has 1 saturated heterocycles. The Balaban J connectivity index is 1.18. The van der Waals surface area contributed by atoms with E-state index in [1.165, 1.54) is 26.2 Å². The van der Waals surface area contributed by atoms with Crippen LogP contribution in [-0.4, -0.2) is 102 Å². The van der Waals surface area contributed by atoms with Gasteiger partial charge in [0.15, 0.2) is 5.69 Å². The summed E-state index contributed by atoms with van der Waals surface area (Å²) in [5, 5.41) is 4.23. The molecule has 6 aliphatic rings. The molecule has 2 bridgehead atoms. The Morgan fingerprint density at radius 1 is 1.02 bits per heavy atom. The van der Waals surface area contributed by atoms with Crippen LogP contribution in [0.5, 0.6) is 11.6 Å². The maximum Gasteiger partial charge on any atom is 0.408 e. The van der Waals surface area contributed by atoms with Gasteiger partial charge in [0.1, 0.15) is 35.6 Å². The fraction of sp³-hybridized carbons (Fsp3) is 0.707. The third-order valence-corrected chi connectivity index (χ3v) is 15.3. The number of ether oxygens (including phenoxy) is 3. The highest BCUT2D eigenvalue weighted by Crippen LogP contribution is 2.58. The van der Waals surface area contributed by atoms with Crippen molar-refractivity contribution in [3.63, 3.8) is 0 Å². The number of amides is 4. The molecule has 334 valence electrons. The summed E-state index contributed by atoms with van der Waals surface area (Å²) in [6.07, 6.45) is -3.75. The summed E-state index contributed by atoms with van der Waals surface area (Å²) in [7, 11) is -2.79. The van der Waals surface area contributed by atoms with Gasteiger partial charge in [0.2, 0.25) is 34.1 Å². The van der Waals surface area contributed by atoms with Gasteiger partial charge in [-0.1, -0.05) is 34.1 Å². The molecule has 4 saturated carbocycles. The van der Waals surface area contributed by atoms with Crippen molar-refractivity contribution in [2.75, 3.05) is 13.7 Å². The first kappa shape index (κ1) is 43.2. The normalized spacial score (nSPS) is 33.8. The van der Waals surface area contributed by atoms with Crippen molar-refractivity contribution < 1.29 is 59.4 Å². The zero-order valence-corrected chi connectivity index (χ0v) is 35.4. The Kier molecular flexibility index (Phi) is 10.9. The van der Waals surface area contributed by atoms with E-state index in [1.807, 2.05) is 4.72 Å². The van der Waals surface area contributed by atoms with Crippen LogP contribution in [0.2, 0.25) is 0 Å². The van der Waals surface area contributed by atoms with E-state index in [9.17, 15) is 36.4 Å². The minimum absolute atomic E-state index is 0.0575. The van der Waals surface area contributed by atoms with Crippen LogP contribution in [0.1, 0.15) is 91.2 Å². The SMILES string of the molecule is COc1ccc2nc3c(nc2c1)O[C@H]1CN(C(=O)[C@H](C(C)(C)C)NC(=O)O[C@@H]2C[C@@H]4C[C@@H]4[C@H]2CCCCC3(F)F)[C@H](C(=O)N[C@]2(C(=O)NS(=O)(=O)C3CC3)C[C@H]2C(F)F)[C@@H]1C. The number of carbonyl (C=O) groups is 4. The lowest BCUT2D eigenvalue weighted by Gasteiger charge is -2.36. The fourth-order valence-electron chi connectivity index (χ4n) is 9.65. The van der Waals surface area contributed by atoms with E-state index in [2.05, 4.69) is 20.6 Å². The van der Waals surface area contributed by atoms with Crippen LogP contribution in [-0.2, 0) is 35.1 Å². The minimum atomic E-state index is -4.22. The highest BCUT2D eigenvalue weighted by Gasteiger charge is 2.67. The Hall–Kier alpha value is -4.49. The van der Waals surface area contributed by atoms with Gasteiger partial charge in [-0.3, -0.25) is 19.1 Å². The minimum Gasteiger partial charge on any atom is -0.497 e. The molecule has 5 fully saturated rings. The average molecular weight is 881 g/mol. The predicted octanol–water partition coefficient (Wildman–Crippen LogP) is 4.81. The first-order chi connectivity index (χ1) is 28.6. The molecule has 3 heterocycles. The topological polar surface area (TPSA) is 195 Å². The van der Waals surface area contributed by atoms with Gasteiger partial charge in [0, 0.05) is 18.4 Å². The van der Waals surface area contributed by atoms with Crippen LogP contribution in [0.4, 0.5) is 22.4 Å². The Labute approximate surface area is 350 Å². The van der Waals surface area contributed by atoms with Crippen LogP contribution in [0.3, 0.4) is 0 Å². The summed E-state index contributed by atoms with van der Waals surface area (Å²) < 4.78 is 106. The number of hydrogen-bond donors (Lipinski definition) is 3. The van der Waals surface area contributed by atoms with Gasteiger partial charge in [-0.25, -0.2) is 32.0 Å². The summed E-state index contributed by atoms with van der Waals surface area (Å²) in [4.78, 5) is 66.5. The molecule has 1 aromatic heterocycles. The summed E-state index contributed by atoms with van der Waals surface area (Å²) >= 11 is 0. The number of aromatic nitrogens is 2. The number of hydrogen-bond acceptors (Lipinski definition) is 11. The Morgan fingerprint density at radius 3 is 2.41 bits per heavy atom. The maximum atomic E-state index is 16.5. The van der Waals surface area contributed by atoms with Gasteiger partial charge in [-0.05, 0) is 80.2 Å². The molecule has 2 aliphatic heterocycles. The number of alkyl halides is 4. The molecule has 8 rings (SSSR count). The molecule has 15 nitrogen and oxygen atoms in total. The van der Waals surface area contributed by atoms with E-state index >= 15 is 8.78 Å². The molecule has 4 aliphatic carbocycles. The van der Waals surface area contributed by atoms with Gasteiger partial charge in [0.05, 0.1) is 35.9 Å². The molecule has 20 heteroatoms. The second-order valence-corrected chi connectivity index (χ2v) is 20.8. The zero-order valence-electron chi connectivity index (χ0n) is 34.6. The quantitative estimate of drug-likeness (QED) is 0.323. The molecule has 4 amide bonds. The van der Waals surface area contributed by atoms with Crippen LogP contribution < -0.4 is 24.8 Å². The van der Waals surface area contributed by atoms with E-state index in [-0.39, 0.29) is 36.2 Å². The first-order valence-corrected chi connectivity index (χ1v) is 22.5. The number of nitrogens with one attached hydrogen (secondary N) is 3. The van der Waals surface area contributed by atoms with E-state index in [4.69, 9.17) is 14.2 Å². The molecular weight excluding hydrogens is 829 g/mol. The smallest absolute Gasteiger partial charge is 0.408 e. The number of halogens is 4. The lowest BCUT2D eigenvalue weighted by atomic mass is 9.85. The lowest BCUT2D eigenvalue weighted by Crippen LogP contribution is -2.61. The monoisotopic (exact) mass is 880 g/mol. The van der Waals surface area contributed by atoms with Crippen molar-refractivity contribution in [3.05, 3.63) is 23.9 Å². The number of rotatable bonds is 7. The summed E-state index contributed by atoms with van der Waals surface area (Å²) in [6, 6.07) is 1.59. The molecule has 0 unspecified atom stereocenters. The van der Waals surface area contributed by atoms with E-state index in [1.54, 1.807) is 26.8 Å². The van der Waals surface area contributed by atoms with Gasteiger partial charge in [-0.15, -0.1) is 0 Å². The number of alkyl carbamates (subject to hydrolysis) is 1. The molecule has 61 heavy (non-hydrogen) atoms. The third kappa shape index (κ3) is 8.28. The van der Waals surface area contributed by atoms with Gasteiger partial charge in [0.25, 0.3) is 11.8 Å². The van der Waals surface area contributed by atoms with Crippen molar-refractivity contribution in [1.82, 2.24) is 30.2 Å². The van der Waals surface area contributed by atoms with E-state index in [0.717, 1.165) is 11.3 Å². The van der Waals surface area contributed by atoms with Crippen molar-refractivity contribution in [1.29, 1.82) is 0 Å². The van der Waals surface area contributed by atoms with Crippen LogP contribution in [0.25, 0.3) is 11.0 Å². The van der Waals surface area contributed by atoms with Crippen LogP contribution in [0, 0.1) is 35.0 Å². The first-order valence-electron chi connectivity index (χ1n) is 21.0. The highest BCUT2D eigenvalue weighted by atomic mass is 32.2. The maximum absolute atomic E-state index is 16.5. The van der Waals surface area contributed by atoms with Crippen LogP contribution in [0.15, 0.2) is 18.2 Å². The molecule has 2 aromatic rings. The van der Waals surface area contributed by atoms with Crippen molar-refractivity contribution >= 4 is 44.9 Å². The lowest BCUT2D eigenvalue weighted by molar-refractivity contribution is -0.143. The third-order valence-electron chi connectivity index (χ3n) is 13.5. The summed E-state index contributed by atoms with van der Waals surface area (Å²) in [6.45, 7) is 6.10. The van der Waals surface area contributed by atoms with Gasteiger partial charge in [-0.2, -0.15) is 8.78 Å². The Bertz CT molecular complexity index is 2220. The number of carbonyl (C=O) groups excluding carboxylic acids is 4. The van der Waals surface area contributed by atoms with Crippen molar-refractivity contribution in [3.8, 4) is 11.6 Å². The Morgan fingerprint density at radius 2 is 1.75 bits per heavy atom. The number of sulfonamides is 1. The number of benzene rings is 1. The second kappa shape index (κ2) is 15.4. The van der Waals surface area contributed by atoms with Crippen molar-refractivity contribution in [2.24, 2.45) is 35.0 Å². The second-order valence-electron chi connectivity index (χ2n) is 18.9.